The van der Waals surface area contributed by atoms with Crippen LogP contribution in [0.5, 0.6) is 11.5 Å². The van der Waals surface area contributed by atoms with E-state index in [0.29, 0.717) is 17.0 Å². The van der Waals surface area contributed by atoms with Crippen LogP contribution in [0.2, 0.25) is 0 Å². The molecule has 3 rings (SSSR count). The molecule has 0 aliphatic rings. The van der Waals surface area contributed by atoms with Gasteiger partial charge in [0.25, 0.3) is 0 Å². The molecule has 1 heterocycles. The van der Waals surface area contributed by atoms with Crippen molar-refractivity contribution in [2.75, 3.05) is 0 Å². The zero-order chi connectivity index (χ0) is 13.2. The molecule has 2 aromatic carbocycles. The van der Waals surface area contributed by atoms with Crippen molar-refractivity contribution in [1.29, 1.82) is 0 Å². The van der Waals surface area contributed by atoms with Crippen molar-refractivity contribution >= 4 is 11.1 Å². The second-order valence-electron chi connectivity index (χ2n) is 4.36. The summed E-state index contributed by atoms with van der Waals surface area (Å²) in [7, 11) is 0. The Balaban J connectivity index is 1.76. The minimum absolute atomic E-state index is 0.162. The van der Waals surface area contributed by atoms with Crippen LogP contribution in [0.1, 0.15) is 11.5 Å². The monoisotopic (exact) mass is 255 g/mol. The first-order valence-corrected chi connectivity index (χ1v) is 5.98. The summed E-state index contributed by atoms with van der Waals surface area (Å²) in [6.45, 7) is 2.29. The molecule has 0 saturated heterocycles. The van der Waals surface area contributed by atoms with Gasteiger partial charge in [-0.3, -0.25) is 0 Å². The molecule has 0 aliphatic carbocycles. The van der Waals surface area contributed by atoms with E-state index in [2.05, 4.69) is 4.98 Å². The maximum Gasteiger partial charge on any atom is 0.233 e. The second kappa shape index (κ2) is 4.65. The standard InChI is InChI=1S/C15H13NO3/c1-10-2-5-12(6-3-10)18-9-15-16-13-7-4-11(17)8-14(13)19-15/h2-8,17H,9H2,1H3. The molecule has 0 amide bonds. The Labute approximate surface area is 110 Å². The number of aryl methyl sites for hydroxylation is 1. The molecule has 1 N–H and O–H groups in total. The Bertz CT molecular complexity index is 701. The molecule has 4 nitrogen and oxygen atoms in total. The summed E-state index contributed by atoms with van der Waals surface area (Å²) in [5, 5.41) is 9.35. The fourth-order valence-electron chi connectivity index (χ4n) is 1.80. The average molecular weight is 255 g/mol. The van der Waals surface area contributed by atoms with Crippen LogP contribution in [0.3, 0.4) is 0 Å². The normalized spacial score (nSPS) is 10.8. The van der Waals surface area contributed by atoms with Crippen molar-refractivity contribution in [3.63, 3.8) is 0 Å². The Kier molecular flexibility index (Phi) is 2.83. The number of oxazole rings is 1. The first-order valence-electron chi connectivity index (χ1n) is 5.98. The first kappa shape index (κ1) is 11.6. The SMILES string of the molecule is Cc1ccc(OCc2nc3ccc(O)cc3o2)cc1. The van der Waals surface area contributed by atoms with Crippen LogP contribution in [-0.4, -0.2) is 10.1 Å². The van der Waals surface area contributed by atoms with Crippen molar-refractivity contribution in [2.24, 2.45) is 0 Å². The third kappa shape index (κ3) is 2.52. The number of phenols is 1. The third-order valence-electron chi connectivity index (χ3n) is 2.80. The molecule has 0 spiro atoms. The topological polar surface area (TPSA) is 55.5 Å². The number of hydrogen-bond donors (Lipinski definition) is 1. The zero-order valence-corrected chi connectivity index (χ0v) is 10.5. The molecule has 3 aromatic rings. The van der Waals surface area contributed by atoms with Gasteiger partial charge in [0.15, 0.2) is 12.2 Å². The number of phenolic OH excluding ortho intramolecular Hbond substituents is 1. The van der Waals surface area contributed by atoms with Gasteiger partial charge in [-0.2, -0.15) is 0 Å². The van der Waals surface area contributed by atoms with Crippen LogP contribution in [0, 0.1) is 6.92 Å². The smallest absolute Gasteiger partial charge is 0.233 e. The number of rotatable bonds is 3. The highest BCUT2D eigenvalue weighted by Crippen LogP contribution is 2.21. The second-order valence-corrected chi connectivity index (χ2v) is 4.36. The molecule has 0 radical (unpaired) electrons. The Morgan fingerprint density at radius 2 is 1.95 bits per heavy atom. The quantitative estimate of drug-likeness (QED) is 0.779. The fourth-order valence-corrected chi connectivity index (χ4v) is 1.80. The summed E-state index contributed by atoms with van der Waals surface area (Å²) in [6.07, 6.45) is 0. The van der Waals surface area contributed by atoms with Crippen LogP contribution >= 0.6 is 0 Å². The average Bonchev–Trinajstić information content (AvgIpc) is 2.80. The molecule has 0 aliphatic heterocycles. The number of hydrogen-bond acceptors (Lipinski definition) is 4. The molecule has 0 bridgehead atoms. The molecule has 19 heavy (non-hydrogen) atoms. The van der Waals surface area contributed by atoms with E-state index in [-0.39, 0.29) is 12.4 Å². The van der Waals surface area contributed by atoms with Gasteiger partial charge in [0, 0.05) is 6.07 Å². The lowest BCUT2D eigenvalue weighted by Crippen LogP contribution is -1.95. The number of ether oxygens (including phenoxy) is 1. The molecule has 96 valence electrons. The summed E-state index contributed by atoms with van der Waals surface area (Å²) in [4.78, 5) is 4.28. The third-order valence-corrected chi connectivity index (χ3v) is 2.80. The van der Waals surface area contributed by atoms with E-state index in [4.69, 9.17) is 9.15 Å². The first-order chi connectivity index (χ1) is 9.20. The van der Waals surface area contributed by atoms with Gasteiger partial charge in [0.05, 0.1) is 0 Å². The van der Waals surface area contributed by atoms with Gasteiger partial charge < -0.3 is 14.3 Å². The lowest BCUT2D eigenvalue weighted by Gasteiger charge is -2.03. The van der Waals surface area contributed by atoms with Gasteiger partial charge in [-0.1, -0.05) is 17.7 Å². The van der Waals surface area contributed by atoms with E-state index < -0.39 is 0 Å². The van der Waals surface area contributed by atoms with Gasteiger partial charge in [0.2, 0.25) is 5.89 Å². The highest BCUT2D eigenvalue weighted by atomic mass is 16.5. The van der Waals surface area contributed by atoms with Crippen LogP contribution < -0.4 is 4.74 Å². The summed E-state index contributed by atoms with van der Waals surface area (Å²) in [5.41, 5.74) is 2.45. The van der Waals surface area contributed by atoms with Gasteiger partial charge in [-0.15, -0.1) is 0 Å². The Morgan fingerprint density at radius 3 is 2.74 bits per heavy atom. The van der Waals surface area contributed by atoms with Crippen LogP contribution in [0.15, 0.2) is 46.9 Å². The van der Waals surface area contributed by atoms with Crippen molar-refractivity contribution in [1.82, 2.24) is 4.98 Å². The van der Waals surface area contributed by atoms with Gasteiger partial charge in [-0.05, 0) is 31.2 Å². The maximum atomic E-state index is 9.35. The van der Waals surface area contributed by atoms with Crippen LogP contribution in [-0.2, 0) is 6.61 Å². The highest BCUT2D eigenvalue weighted by molar-refractivity contribution is 5.74. The van der Waals surface area contributed by atoms with E-state index in [1.807, 2.05) is 31.2 Å². The highest BCUT2D eigenvalue weighted by Gasteiger charge is 2.07. The molecule has 1 aromatic heterocycles. The van der Waals surface area contributed by atoms with Crippen molar-refractivity contribution in [3.8, 4) is 11.5 Å². The predicted molar refractivity (Wildman–Crippen MR) is 71.2 cm³/mol. The molecule has 0 unspecified atom stereocenters. The number of benzene rings is 2. The Morgan fingerprint density at radius 1 is 1.16 bits per heavy atom. The maximum absolute atomic E-state index is 9.35. The largest absolute Gasteiger partial charge is 0.508 e. The predicted octanol–water partition coefficient (Wildman–Crippen LogP) is 3.42. The lowest BCUT2D eigenvalue weighted by atomic mass is 10.2. The van der Waals surface area contributed by atoms with Crippen LogP contribution in [0.4, 0.5) is 0 Å². The number of aromatic nitrogens is 1. The minimum atomic E-state index is 0.162. The number of aromatic hydroxyl groups is 1. The van der Waals surface area contributed by atoms with E-state index >= 15 is 0 Å². The van der Waals surface area contributed by atoms with Gasteiger partial charge in [0.1, 0.15) is 17.0 Å². The van der Waals surface area contributed by atoms with Crippen molar-refractivity contribution in [2.45, 2.75) is 13.5 Å². The summed E-state index contributed by atoms with van der Waals surface area (Å²) in [6, 6.07) is 12.6. The number of fused-ring (bicyclic) bond motifs is 1. The number of nitrogens with zero attached hydrogens (tertiary/aromatic N) is 1. The van der Waals surface area contributed by atoms with E-state index in [9.17, 15) is 5.11 Å². The molecule has 0 atom stereocenters. The summed E-state index contributed by atoms with van der Waals surface area (Å²) < 4.78 is 11.1. The van der Waals surface area contributed by atoms with E-state index in [0.717, 1.165) is 5.75 Å². The van der Waals surface area contributed by atoms with E-state index in [1.165, 1.54) is 11.6 Å². The zero-order valence-electron chi connectivity index (χ0n) is 10.5. The van der Waals surface area contributed by atoms with Crippen molar-refractivity contribution in [3.05, 3.63) is 53.9 Å². The molecular formula is C15H13NO3. The summed E-state index contributed by atoms with van der Waals surface area (Å²) >= 11 is 0. The lowest BCUT2D eigenvalue weighted by molar-refractivity contribution is 0.267. The van der Waals surface area contributed by atoms with Gasteiger partial charge >= 0.3 is 0 Å². The van der Waals surface area contributed by atoms with E-state index in [1.54, 1.807) is 12.1 Å². The minimum Gasteiger partial charge on any atom is -0.508 e. The fraction of sp³-hybridized carbons (Fsp3) is 0.133. The molecule has 4 heteroatoms. The Hall–Kier alpha value is -2.49. The molecular weight excluding hydrogens is 242 g/mol. The summed E-state index contributed by atoms with van der Waals surface area (Å²) in [5.74, 6) is 1.42. The van der Waals surface area contributed by atoms with Gasteiger partial charge in [-0.25, -0.2) is 4.98 Å². The van der Waals surface area contributed by atoms with Crippen molar-refractivity contribution < 1.29 is 14.3 Å². The molecule has 0 saturated carbocycles. The van der Waals surface area contributed by atoms with Crippen LogP contribution in [0.25, 0.3) is 11.1 Å². The molecule has 0 fully saturated rings.